The number of rotatable bonds is 2. The fourth-order valence-electron chi connectivity index (χ4n) is 2.71. The molecule has 128 valence electrons. The number of amides is 2. The van der Waals surface area contributed by atoms with Crippen LogP contribution in [0.5, 0.6) is 5.75 Å². The molecule has 1 aromatic rings. The van der Waals surface area contributed by atoms with E-state index in [0.717, 1.165) is 5.01 Å². The van der Waals surface area contributed by atoms with Crippen molar-refractivity contribution in [3.8, 4) is 11.8 Å². The average molecular weight is 331 g/mol. The third kappa shape index (κ3) is 2.93. The topological polar surface area (TPSA) is 103 Å². The predicted octanol–water partition coefficient (Wildman–Crippen LogP) is 1.25. The molecule has 2 amide bonds. The minimum Gasteiger partial charge on any atom is -0.482 e. The maximum absolute atomic E-state index is 12.1. The van der Waals surface area contributed by atoms with E-state index in [-0.39, 0.29) is 12.8 Å². The first-order valence-corrected chi connectivity index (χ1v) is 7.69. The number of aliphatic hydroxyl groups is 1. The Morgan fingerprint density at radius 3 is 2.67 bits per heavy atom. The molecule has 0 fully saturated rings. The minimum absolute atomic E-state index is 0.0222. The van der Waals surface area contributed by atoms with Gasteiger partial charge in [0.2, 0.25) is 17.5 Å². The number of hydrogen-bond donors (Lipinski definition) is 2. The quantitative estimate of drug-likeness (QED) is 0.627. The van der Waals surface area contributed by atoms with Crippen LogP contribution in [-0.4, -0.2) is 33.3 Å². The number of hydrogen-bond acceptors (Lipinski definition) is 5. The van der Waals surface area contributed by atoms with Gasteiger partial charge in [0.15, 0.2) is 5.60 Å². The van der Waals surface area contributed by atoms with Crippen LogP contribution in [0.25, 0.3) is 0 Å². The lowest BCUT2D eigenvalue weighted by atomic mass is 9.83. The summed E-state index contributed by atoms with van der Waals surface area (Å²) >= 11 is 0. The summed E-state index contributed by atoms with van der Waals surface area (Å²) in [6.07, 6.45) is 0.185. The summed E-state index contributed by atoms with van der Waals surface area (Å²) in [5.74, 6) is -0.379. The van der Waals surface area contributed by atoms with Gasteiger partial charge in [-0.2, -0.15) is 5.26 Å². The molecular formula is C17H21N3O4. The molecule has 1 heterocycles. The first kappa shape index (κ1) is 17.8. The zero-order chi connectivity index (χ0) is 18.1. The molecule has 0 aromatic heterocycles. The monoisotopic (exact) mass is 331 g/mol. The number of ether oxygens (including phenoxy) is 1. The van der Waals surface area contributed by atoms with E-state index >= 15 is 0 Å². The molecule has 0 radical (unpaired) electrons. The summed E-state index contributed by atoms with van der Waals surface area (Å²) in [6, 6.07) is 6.93. The van der Waals surface area contributed by atoms with Gasteiger partial charge in [-0.1, -0.05) is 6.92 Å². The van der Waals surface area contributed by atoms with Gasteiger partial charge in [-0.15, -0.1) is 0 Å². The van der Waals surface area contributed by atoms with Crippen molar-refractivity contribution in [3.63, 3.8) is 0 Å². The molecule has 0 aliphatic carbocycles. The average Bonchev–Trinajstić information content (AvgIpc) is 2.52. The first-order chi connectivity index (χ1) is 11.1. The van der Waals surface area contributed by atoms with Crippen LogP contribution >= 0.6 is 0 Å². The number of hydrazine groups is 1. The van der Waals surface area contributed by atoms with Gasteiger partial charge in [-0.3, -0.25) is 15.0 Å². The van der Waals surface area contributed by atoms with Crippen LogP contribution in [0.4, 0.5) is 0 Å². The van der Waals surface area contributed by atoms with E-state index in [9.17, 15) is 14.7 Å². The second kappa shape index (κ2) is 6.13. The van der Waals surface area contributed by atoms with Crippen molar-refractivity contribution in [2.75, 3.05) is 0 Å². The van der Waals surface area contributed by atoms with Gasteiger partial charge in [0.05, 0.1) is 11.6 Å². The van der Waals surface area contributed by atoms with E-state index in [1.54, 1.807) is 39.0 Å². The highest BCUT2D eigenvalue weighted by atomic mass is 16.5. The highest BCUT2D eigenvalue weighted by Gasteiger charge is 2.55. The van der Waals surface area contributed by atoms with E-state index in [1.165, 1.54) is 6.92 Å². The fourth-order valence-corrected chi connectivity index (χ4v) is 2.71. The SMILES string of the molecule is CCC(=O)NN(C(C)=O)C1(O)Cc2cc(C#N)ccc2OC1(C)C. The lowest BCUT2D eigenvalue weighted by molar-refractivity contribution is -0.230. The third-order valence-corrected chi connectivity index (χ3v) is 4.20. The Kier molecular flexibility index (Phi) is 4.54. The summed E-state index contributed by atoms with van der Waals surface area (Å²) < 4.78 is 5.88. The molecular weight excluding hydrogens is 310 g/mol. The molecule has 7 heteroatoms. The molecule has 1 aliphatic rings. The van der Waals surface area contributed by atoms with Gasteiger partial charge in [0.1, 0.15) is 5.75 Å². The van der Waals surface area contributed by atoms with Crippen LogP contribution in [0, 0.1) is 11.3 Å². The largest absolute Gasteiger partial charge is 0.482 e. The van der Waals surface area contributed by atoms with Crippen LogP contribution in [0.2, 0.25) is 0 Å². The van der Waals surface area contributed by atoms with Crippen LogP contribution < -0.4 is 10.2 Å². The standard InChI is InChI=1S/C17H21N3O4/c1-5-15(22)19-20(11(2)21)17(23)9-13-8-12(10-18)6-7-14(13)24-16(17,3)4/h6-8,23H,5,9H2,1-4H3,(H,19,22). The van der Waals surface area contributed by atoms with E-state index in [0.29, 0.717) is 16.9 Å². The third-order valence-electron chi connectivity index (χ3n) is 4.20. The predicted molar refractivity (Wildman–Crippen MR) is 85.5 cm³/mol. The molecule has 0 bridgehead atoms. The molecule has 0 saturated heterocycles. The zero-order valence-electron chi connectivity index (χ0n) is 14.2. The number of carbonyl (C=O) groups excluding carboxylic acids is 2. The molecule has 1 unspecified atom stereocenters. The van der Waals surface area contributed by atoms with Gasteiger partial charge in [0.25, 0.3) is 0 Å². The smallest absolute Gasteiger partial charge is 0.240 e. The van der Waals surface area contributed by atoms with Crippen LogP contribution in [0.3, 0.4) is 0 Å². The number of fused-ring (bicyclic) bond motifs is 1. The fraction of sp³-hybridized carbons (Fsp3) is 0.471. The highest BCUT2D eigenvalue weighted by molar-refractivity contribution is 5.81. The number of carbonyl (C=O) groups is 2. The lowest BCUT2D eigenvalue weighted by Gasteiger charge is -2.51. The Bertz CT molecular complexity index is 723. The van der Waals surface area contributed by atoms with E-state index in [4.69, 9.17) is 10.00 Å². The molecule has 24 heavy (non-hydrogen) atoms. The summed E-state index contributed by atoms with van der Waals surface area (Å²) in [4.78, 5) is 23.8. The van der Waals surface area contributed by atoms with Gasteiger partial charge >= 0.3 is 0 Å². The van der Waals surface area contributed by atoms with Crippen molar-refractivity contribution in [2.45, 2.75) is 51.9 Å². The Morgan fingerprint density at radius 2 is 2.12 bits per heavy atom. The number of benzene rings is 1. The summed E-state index contributed by atoms with van der Waals surface area (Å²) in [5.41, 5.74) is 0.474. The van der Waals surface area contributed by atoms with Crippen LogP contribution in [0.15, 0.2) is 18.2 Å². The first-order valence-electron chi connectivity index (χ1n) is 7.69. The number of nitrogens with one attached hydrogen (secondary N) is 1. The minimum atomic E-state index is -1.80. The van der Waals surface area contributed by atoms with Crippen molar-refractivity contribution in [1.29, 1.82) is 5.26 Å². The Labute approximate surface area is 140 Å². The summed E-state index contributed by atoms with van der Waals surface area (Å²) in [6.45, 7) is 6.18. The summed E-state index contributed by atoms with van der Waals surface area (Å²) in [7, 11) is 0. The molecule has 2 N–H and O–H groups in total. The van der Waals surface area contributed by atoms with Gasteiger partial charge in [-0.25, -0.2) is 5.01 Å². The maximum Gasteiger partial charge on any atom is 0.240 e. The molecule has 7 nitrogen and oxygen atoms in total. The highest BCUT2D eigenvalue weighted by Crippen LogP contribution is 2.41. The van der Waals surface area contributed by atoms with E-state index < -0.39 is 23.1 Å². The summed E-state index contributed by atoms with van der Waals surface area (Å²) in [5, 5.41) is 21.2. The van der Waals surface area contributed by atoms with Crippen molar-refractivity contribution in [2.24, 2.45) is 0 Å². The van der Waals surface area contributed by atoms with Crippen LogP contribution in [0.1, 0.15) is 45.2 Å². The lowest BCUT2D eigenvalue weighted by Crippen LogP contribution is -2.72. The zero-order valence-corrected chi connectivity index (χ0v) is 14.2. The molecule has 2 rings (SSSR count). The number of nitriles is 1. The maximum atomic E-state index is 12.1. The second-order valence-corrected chi connectivity index (χ2v) is 6.28. The van der Waals surface area contributed by atoms with Crippen molar-refractivity contribution in [1.82, 2.24) is 10.4 Å². The Balaban J connectivity index is 2.50. The van der Waals surface area contributed by atoms with Gasteiger partial charge in [0, 0.05) is 25.3 Å². The molecule has 0 saturated carbocycles. The molecule has 1 aromatic carbocycles. The Hall–Kier alpha value is -2.59. The molecule has 1 atom stereocenters. The molecule has 1 aliphatic heterocycles. The van der Waals surface area contributed by atoms with E-state index in [2.05, 4.69) is 5.43 Å². The number of nitrogens with zero attached hydrogens (tertiary/aromatic N) is 2. The molecule has 0 spiro atoms. The van der Waals surface area contributed by atoms with Crippen molar-refractivity contribution < 1.29 is 19.4 Å². The second-order valence-electron chi connectivity index (χ2n) is 6.28. The Morgan fingerprint density at radius 1 is 1.46 bits per heavy atom. The van der Waals surface area contributed by atoms with Crippen molar-refractivity contribution >= 4 is 11.8 Å². The van der Waals surface area contributed by atoms with Gasteiger partial charge in [-0.05, 0) is 32.0 Å². The van der Waals surface area contributed by atoms with Gasteiger partial charge < -0.3 is 9.84 Å². The van der Waals surface area contributed by atoms with E-state index in [1.807, 2.05) is 6.07 Å². The van der Waals surface area contributed by atoms with Crippen LogP contribution in [-0.2, 0) is 16.0 Å². The normalized spacial score (nSPS) is 21.0. The van der Waals surface area contributed by atoms with Crippen molar-refractivity contribution in [3.05, 3.63) is 29.3 Å².